The van der Waals surface area contributed by atoms with Crippen LogP contribution in [-0.2, 0) is 0 Å². The molecular formula is C19H32O3. The minimum absolute atomic E-state index is 0.197. The number of phenolic OH excluding ortho intramolecular Hbond substituents is 1. The van der Waals surface area contributed by atoms with E-state index in [0.717, 1.165) is 6.42 Å². The fourth-order valence-electron chi connectivity index (χ4n) is 2.55. The van der Waals surface area contributed by atoms with Gasteiger partial charge < -0.3 is 14.6 Å². The molecule has 0 aliphatic rings. The third-order valence-corrected chi connectivity index (χ3v) is 3.90. The molecule has 1 rings (SSSR count). The van der Waals surface area contributed by atoms with Gasteiger partial charge in [0.05, 0.1) is 13.7 Å². The van der Waals surface area contributed by atoms with Gasteiger partial charge in [-0.2, -0.15) is 0 Å². The van der Waals surface area contributed by atoms with E-state index in [2.05, 4.69) is 6.92 Å². The van der Waals surface area contributed by atoms with Crippen molar-refractivity contribution in [2.24, 2.45) is 0 Å². The maximum atomic E-state index is 9.39. The van der Waals surface area contributed by atoms with Gasteiger partial charge in [-0.15, -0.1) is 0 Å². The van der Waals surface area contributed by atoms with Gasteiger partial charge in [0.15, 0.2) is 11.5 Å². The zero-order chi connectivity index (χ0) is 16.0. The number of phenols is 1. The van der Waals surface area contributed by atoms with E-state index < -0.39 is 0 Å². The van der Waals surface area contributed by atoms with Crippen LogP contribution < -0.4 is 9.47 Å². The fourth-order valence-corrected chi connectivity index (χ4v) is 2.55. The van der Waals surface area contributed by atoms with E-state index in [1.165, 1.54) is 57.8 Å². The van der Waals surface area contributed by atoms with Crippen LogP contribution in [-0.4, -0.2) is 18.8 Å². The molecule has 0 saturated carbocycles. The van der Waals surface area contributed by atoms with Gasteiger partial charge in [-0.3, -0.25) is 0 Å². The third kappa shape index (κ3) is 8.16. The predicted octanol–water partition coefficient (Wildman–Crippen LogP) is 5.70. The monoisotopic (exact) mass is 308 g/mol. The lowest BCUT2D eigenvalue weighted by Crippen LogP contribution is -1.99. The zero-order valence-electron chi connectivity index (χ0n) is 14.3. The van der Waals surface area contributed by atoms with Crippen LogP contribution in [0, 0.1) is 0 Å². The summed E-state index contributed by atoms with van der Waals surface area (Å²) >= 11 is 0. The molecule has 3 nitrogen and oxygen atoms in total. The van der Waals surface area contributed by atoms with E-state index in [0.29, 0.717) is 18.1 Å². The second kappa shape index (κ2) is 12.2. The summed E-state index contributed by atoms with van der Waals surface area (Å²) in [6.07, 6.45) is 13.2. The van der Waals surface area contributed by atoms with E-state index in [1.807, 2.05) is 0 Å². The summed E-state index contributed by atoms with van der Waals surface area (Å²) in [5, 5.41) is 9.39. The summed E-state index contributed by atoms with van der Waals surface area (Å²) in [5.74, 6) is 1.49. The van der Waals surface area contributed by atoms with Crippen molar-refractivity contribution in [1.29, 1.82) is 0 Å². The summed E-state index contributed by atoms with van der Waals surface area (Å²) < 4.78 is 10.9. The minimum Gasteiger partial charge on any atom is -0.508 e. The van der Waals surface area contributed by atoms with Crippen molar-refractivity contribution in [1.82, 2.24) is 0 Å². The van der Waals surface area contributed by atoms with E-state index in [1.54, 1.807) is 25.3 Å². The third-order valence-electron chi connectivity index (χ3n) is 3.90. The van der Waals surface area contributed by atoms with E-state index in [-0.39, 0.29) is 5.75 Å². The average Bonchev–Trinajstić information content (AvgIpc) is 2.53. The first-order valence-electron chi connectivity index (χ1n) is 8.77. The highest BCUT2D eigenvalue weighted by Crippen LogP contribution is 2.30. The first kappa shape index (κ1) is 18.7. The van der Waals surface area contributed by atoms with Crippen LogP contribution in [0.3, 0.4) is 0 Å². The molecule has 0 amide bonds. The van der Waals surface area contributed by atoms with E-state index in [4.69, 9.17) is 9.47 Å². The summed E-state index contributed by atoms with van der Waals surface area (Å²) in [6, 6.07) is 4.95. The van der Waals surface area contributed by atoms with Crippen LogP contribution in [0.1, 0.15) is 71.1 Å². The zero-order valence-corrected chi connectivity index (χ0v) is 14.3. The van der Waals surface area contributed by atoms with Gasteiger partial charge in [-0.05, 0) is 18.6 Å². The maximum Gasteiger partial charge on any atom is 0.164 e. The predicted molar refractivity (Wildman–Crippen MR) is 92.0 cm³/mol. The van der Waals surface area contributed by atoms with Gasteiger partial charge in [0.25, 0.3) is 0 Å². The van der Waals surface area contributed by atoms with Crippen LogP contribution in [0.15, 0.2) is 18.2 Å². The Bertz CT molecular complexity index is 390. The molecule has 126 valence electrons. The van der Waals surface area contributed by atoms with Crippen molar-refractivity contribution in [2.75, 3.05) is 13.7 Å². The molecule has 1 aromatic carbocycles. The summed E-state index contributed by atoms with van der Waals surface area (Å²) in [5.41, 5.74) is 0. The van der Waals surface area contributed by atoms with Crippen molar-refractivity contribution in [3.8, 4) is 17.2 Å². The molecule has 0 bridgehead atoms. The highest BCUT2D eigenvalue weighted by atomic mass is 16.5. The largest absolute Gasteiger partial charge is 0.508 e. The Hall–Kier alpha value is -1.38. The standard InChI is InChI=1S/C19H32O3/c1-3-4-5-6-7-8-9-10-11-12-15-22-18-14-13-17(20)16-19(18)21-2/h13-14,16,20H,3-12,15H2,1-2H3. The first-order chi connectivity index (χ1) is 10.8. The molecule has 22 heavy (non-hydrogen) atoms. The number of aromatic hydroxyl groups is 1. The van der Waals surface area contributed by atoms with Crippen molar-refractivity contribution in [3.05, 3.63) is 18.2 Å². The number of methoxy groups -OCH3 is 1. The summed E-state index contributed by atoms with van der Waals surface area (Å²) in [7, 11) is 1.59. The lowest BCUT2D eigenvalue weighted by molar-refractivity contribution is 0.283. The molecule has 1 N–H and O–H groups in total. The first-order valence-corrected chi connectivity index (χ1v) is 8.77. The van der Waals surface area contributed by atoms with E-state index in [9.17, 15) is 5.11 Å². The van der Waals surface area contributed by atoms with Crippen LogP contribution in [0.4, 0.5) is 0 Å². The average molecular weight is 308 g/mol. The topological polar surface area (TPSA) is 38.7 Å². The van der Waals surface area contributed by atoms with Crippen molar-refractivity contribution in [2.45, 2.75) is 71.1 Å². The van der Waals surface area contributed by atoms with Crippen molar-refractivity contribution >= 4 is 0 Å². The Labute approximate surface area is 135 Å². The van der Waals surface area contributed by atoms with Gasteiger partial charge in [-0.25, -0.2) is 0 Å². The quantitative estimate of drug-likeness (QED) is 0.475. The number of hydrogen-bond donors (Lipinski definition) is 1. The summed E-state index contributed by atoms with van der Waals surface area (Å²) in [6.45, 7) is 2.97. The van der Waals surface area contributed by atoms with Gasteiger partial charge in [0.1, 0.15) is 5.75 Å². The van der Waals surface area contributed by atoms with Crippen molar-refractivity contribution in [3.63, 3.8) is 0 Å². The Morgan fingerprint density at radius 2 is 1.41 bits per heavy atom. The molecule has 1 aromatic rings. The highest BCUT2D eigenvalue weighted by Gasteiger charge is 2.04. The van der Waals surface area contributed by atoms with Gasteiger partial charge >= 0.3 is 0 Å². The van der Waals surface area contributed by atoms with E-state index >= 15 is 0 Å². The molecule has 0 radical (unpaired) electrons. The Balaban J connectivity index is 1.99. The molecule has 0 fully saturated rings. The fraction of sp³-hybridized carbons (Fsp3) is 0.684. The Kier molecular flexibility index (Phi) is 10.3. The SMILES string of the molecule is CCCCCCCCCCCCOc1ccc(O)cc1OC. The Morgan fingerprint density at radius 3 is 2.00 bits per heavy atom. The summed E-state index contributed by atoms with van der Waals surface area (Å²) in [4.78, 5) is 0. The molecule has 0 heterocycles. The lowest BCUT2D eigenvalue weighted by atomic mass is 10.1. The number of benzene rings is 1. The molecule has 0 aliphatic carbocycles. The van der Waals surface area contributed by atoms with Crippen LogP contribution in [0.5, 0.6) is 17.2 Å². The molecular weight excluding hydrogens is 276 g/mol. The van der Waals surface area contributed by atoms with Crippen molar-refractivity contribution < 1.29 is 14.6 Å². The smallest absolute Gasteiger partial charge is 0.164 e. The van der Waals surface area contributed by atoms with Crippen LogP contribution >= 0.6 is 0 Å². The highest BCUT2D eigenvalue weighted by molar-refractivity contribution is 5.44. The number of unbranched alkanes of at least 4 members (excludes halogenated alkanes) is 9. The molecule has 3 heteroatoms. The molecule has 0 unspecified atom stereocenters. The Morgan fingerprint density at radius 1 is 0.818 bits per heavy atom. The molecule has 0 atom stereocenters. The van der Waals surface area contributed by atoms with Gasteiger partial charge in [-0.1, -0.05) is 64.7 Å². The molecule has 0 aliphatic heterocycles. The molecule has 0 spiro atoms. The number of rotatable bonds is 13. The van der Waals surface area contributed by atoms with Gasteiger partial charge in [0.2, 0.25) is 0 Å². The van der Waals surface area contributed by atoms with Crippen LogP contribution in [0.25, 0.3) is 0 Å². The maximum absolute atomic E-state index is 9.39. The minimum atomic E-state index is 0.197. The van der Waals surface area contributed by atoms with Crippen LogP contribution in [0.2, 0.25) is 0 Å². The second-order valence-corrected chi connectivity index (χ2v) is 5.87. The number of ether oxygens (including phenoxy) is 2. The molecule has 0 aromatic heterocycles. The van der Waals surface area contributed by atoms with Gasteiger partial charge in [0, 0.05) is 6.07 Å². The number of hydrogen-bond acceptors (Lipinski definition) is 3. The second-order valence-electron chi connectivity index (χ2n) is 5.87. The molecule has 0 saturated heterocycles. The lowest BCUT2D eigenvalue weighted by Gasteiger charge is -2.10. The normalized spacial score (nSPS) is 10.6.